The summed E-state index contributed by atoms with van der Waals surface area (Å²) in [6, 6.07) is 7.20. The summed E-state index contributed by atoms with van der Waals surface area (Å²) >= 11 is 12.0. The fourth-order valence-electron chi connectivity index (χ4n) is 1.48. The predicted molar refractivity (Wildman–Crippen MR) is 67.3 cm³/mol. The molecule has 1 N–H and O–H groups in total. The maximum absolute atomic E-state index is 11.2. The number of aromatic nitrogens is 1. The lowest BCUT2D eigenvalue weighted by Gasteiger charge is -2.06. The van der Waals surface area contributed by atoms with Crippen molar-refractivity contribution in [1.82, 2.24) is 4.98 Å². The van der Waals surface area contributed by atoms with Gasteiger partial charge in [-0.25, -0.2) is 0 Å². The van der Waals surface area contributed by atoms with E-state index in [0.717, 1.165) is 11.1 Å². The van der Waals surface area contributed by atoms with E-state index in [9.17, 15) is 4.79 Å². The topological polar surface area (TPSA) is 32.9 Å². The molecule has 0 saturated carbocycles. The van der Waals surface area contributed by atoms with Crippen molar-refractivity contribution in [2.45, 2.75) is 6.92 Å². The molecule has 82 valence electrons. The van der Waals surface area contributed by atoms with E-state index in [1.54, 1.807) is 25.3 Å². The normalized spacial score (nSPS) is 10.4. The van der Waals surface area contributed by atoms with Crippen LogP contribution >= 0.6 is 23.2 Å². The molecule has 0 fully saturated rings. The second-order valence-electron chi connectivity index (χ2n) is 3.50. The SMILES string of the molecule is Cc1cc(-c2cccc(Cl)c2Cl)c[nH]c1=O. The summed E-state index contributed by atoms with van der Waals surface area (Å²) in [5, 5.41) is 0.999. The molecule has 2 nitrogen and oxygen atoms in total. The molecular formula is C12H9Cl2NO. The number of hydrogen-bond donors (Lipinski definition) is 1. The Morgan fingerprint density at radius 1 is 1.25 bits per heavy atom. The fraction of sp³-hybridized carbons (Fsp3) is 0.0833. The molecule has 0 aliphatic heterocycles. The van der Waals surface area contributed by atoms with E-state index >= 15 is 0 Å². The van der Waals surface area contributed by atoms with Gasteiger partial charge in [-0.1, -0.05) is 35.3 Å². The number of rotatable bonds is 1. The highest BCUT2D eigenvalue weighted by atomic mass is 35.5. The number of nitrogens with one attached hydrogen (secondary N) is 1. The zero-order chi connectivity index (χ0) is 11.7. The molecule has 0 atom stereocenters. The van der Waals surface area contributed by atoms with Gasteiger partial charge in [0.15, 0.2) is 0 Å². The minimum absolute atomic E-state index is 0.0955. The second-order valence-corrected chi connectivity index (χ2v) is 4.29. The first-order chi connectivity index (χ1) is 7.59. The van der Waals surface area contributed by atoms with Crippen molar-refractivity contribution >= 4 is 23.2 Å². The van der Waals surface area contributed by atoms with Crippen LogP contribution in [0.4, 0.5) is 0 Å². The fourth-order valence-corrected chi connectivity index (χ4v) is 1.89. The number of aromatic amines is 1. The van der Waals surface area contributed by atoms with E-state index in [0.29, 0.717) is 15.6 Å². The predicted octanol–water partition coefficient (Wildman–Crippen LogP) is 3.66. The lowest BCUT2D eigenvalue weighted by Crippen LogP contribution is -2.07. The first-order valence-electron chi connectivity index (χ1n) is 4.73. The molecule has 16 heavy (non-hydrogen) atoms. The van der Waals surface area contributed by atoms with Gasteiger partial charge in [0.2, 0.25) is 0 Å². The third-order valence-corrected chi connectivity index (χ3v) is 3.17. The zero-order valence-corrected chi connectivity index (χ0v) is 10.1. The molecule has 0 radical (unpaired) electrons. The number of H-pyrrole nitrogens is 1. The summed E-state index contributed by atoms with van der Waals surface area (Å²) in [4.78, 5) is 13.9. The molecule has 1 aromatic carbocycles. The Morgan fingerprint density at radius 2 is 2.00 bits per heavy atom. The van der Waals surface area contributed by atoms with Gasteiger partial charge in [-0.15, -0.1) is 0 Å². The third-order valence-electron chi connectivity index (χ3n) is 2.35. The molecule has 1 heterocycles. The van der Waals surface area contributed by atoms with E-state index in [2.05, 4.69) is 4.98 Å². The molecular weight excluding hydrogens is 245 g/mol. The van der Waals surface area contributed by atoms with Crippen LogP contribution in [0.1, 0.15) is 5.56 Å². The van der Waals surface area contributed by atoms with Crippen LogP contribution < -0.4 is 5.56 Å². The Bertz CT molecular complexity index is 590. The van der Waals surface area contributed by atoms with Gasteiger partial charge >= 0.3 is 0 Å². The Labute approximate surface area is 103 Å². The lowest BCUT2D eigenvalue weighted by molar-refractivity contribution is 1.18. The molecule has 1 aromatic heterocycles. The van der Waals surface area contributed by atoms with Crippen LogP contribution in [-0.2, 0) is 0 Å². The monoisotopic (exact) mass is 253 g/mol. The van der Waals surface area contributed by atoms with Crippen LogP contribution in [0, 0.1) is 6.92 Å². The minimum atomic E-state index is -0.0955. The first kappa shape index (κ1) is 11.2. The van der Waals surface area contributed by atoms with Gasteiger partial charge in [-0.3, -0.25) is 4.79 Å². The van der Waals surface area contributed by atoms with Crippen molar-refractivity contribution in [1.29, 1.82) is 0 Å². The highest BCUT2D eigenvalue weighted by Crippen LogP contribution is 2.32. The van der Waals surface area contributed by atoms with E-state index in [4.69, 9.17) is 23.2 Å². The molecule has 0 amide bonds. The van der Waals surface area contributed by atoms with E-state index < -0.39 is 0 Å². The molecule has 0 aliphatic carbocycles. The second kappa shape index (κ2) is 4.32. The quantitative estimate of drug-likeness (QED) is 0.827. The molecule has 0 bridgehead atoms. The van der Waals surface area contributed by atoms with Crippen LogP contribution in [0.5, 0.6) is 0 Å². The van der Waals surface area contributed by atoms with Gasteiger partial charge in [0.25, 0.3) is 5.56 Å². The summed E-state index contributed by atoms with van der Waals surface area (Å²) in [6.07, 6.45) is 1.63. The van der Waals surface area contributed by atoms with Crippen molar-refractivity contribution < 1.29 is 0 Å². The van der Waals surface area contributed by atoms with Crippen LogP contribution in [-0.4, -0.2) is 4.98 Å². The number of aryl methyl sites for hydroxylation is 1. The van der Waals surface area contributed by atoms with Crippen molar-refractivity contribution in [3.63, 3.8) is 0 Å². The Kier molecular flexibility index (Phi) is 3.03. The van der Waals surface area contributed by atoms with E-state index in [-0.39, 0.29) is 5.56 Å². The number of benzene rings is 1. The Hall–Kier alpha value is -1.25. The summed E-state index contributed by atoms with van der Waals surface area (Å²) < 4.78 is 0. The molecule has 2 aromatic rings. The molecule has 0 saturated heterocycles. The lowest BCUT2D eigenvalue weighted by atomic mass is 10.1. The molecule has 4 heteroatoms. The molecule has 2 rings (SSSR count). The van der Waals surface area contributed by atoms with Crippen LogP contribution in [0.15, 0.2) is 35.3 Å². The van der Waals surface area contributed by atoms with Crippen LogP contribution in [0.25, 0.3) is 11.1 Å². The van der Waals surface area contributed by atoms with Gasteiger partial charge in [0, 0.05) is 17.3 Å². The highest BCUT2D eigenvalue weighted by molar-refractivity contribution is 6.43. The maximum atomic E-state index is 11.2. The van der Waals surface area contributed by atoms with Crippen molar-refractivity contribution in [2.24, 2.45) is 0 Å². The summed E-state index contributed by atoms with van der Waals surface area (Å²) in [5.74, 6) is 0. The summed E-state index contributed by atoms with van der Waals surface area (Å²) in [7, 11) is 0. The average molecular weight is 254 g/mol. The van der Waals surface area contributed by atoms with Gasteiger partial charge in [0.1, 0.15) is 0 Å². The van der Waals surface area contributed by atoms with Crippen molar-refractivity contribution in [2.75, 3.05) is 0 Å². The summed E-state index contributed by atoms with van der Waals surface area (Å²) in [5.41, 5.74) is 2.22. The number of pyridine rings is 1. The van der Waals surface area contributed by atoms with Crippen LogP contribution in [0.2, 0.25) is 10.0 Å². The number of halogens is 2. The molecule has 0 spiro atoms. The zero-order valence-electron chi connectivity index (χ0n) is 8.55. The first-order valence-corrected chi connectivity index (χ1v) is 5.49. The maximum Gasteiger partial charge on any atom is 0.250 e. The standard InChI is InChI=1S/C12H9Cl2NO/c1-7-5-8(6-15-12(7)16)9-3-2-4-10(13)11(9)14/h2-6H,1H3,(H,15,16). The molecule has 0 unspecified atom stereocenters. The van der Waals surface area contributed by atoms with E-state index in [1.807, 2.05) is 12.1 Å². The van der Waals surface area contributed by atoms with Gasteiger partial charge in [-0.2, -0.15) is 0 Å². The number of hydrogen-bond acceptors (Lipinski definition) is 1. The summed E-state index contributed by atoms with van der Waals surface area (Å²) in [6.45, 7) is 1.75. The largest absolute Gasteiger partial charge is 0.328 e. The third kappa shape index (κ3) is 1.99. The van der Waals surface area contributed by atoms with Gasteiger partial charge in [-0.05, 0) is 24.6 Å². The Balaban J connectivity index is 2.63. The minimum Gasteiger partial charge on any atom is -0.328 e. The van der Waals surface area contributed by atoms with Gasteiger partial charge in [0.05, 0.1) is 10.0 Å². The average Bonchev–Trinajstić information content (AvgIpc) is 2.26. The van der Waals surface area contributed by atoms with E-state index in [1.165, 1.54) is 0 Å². The van der Waals surface area contributed by atoms with Gasteiger partial charge < -0.3 is 4.98 Å². The Morgan fingerprint density at radius 3 is 2.69 bits per heavy atom. The van der Waals surface area contributed by atoms with Crippen molar-refractivity contribution in [3.05, 3.63) is 56.4 Å². The molecule has 0 aliphatic rings. The highest BCUT2D eigenvalue weighted by Gasteiger charge is 2.07. The smallest absolute Gasteiger partial charge is 0.250 e. The van der Waals surface area contributed by atoms with Crippen LogP contribution in [0.3, 0.4) is 0 Å². The van der Waals surface area contributed by atoms with Crippen molar-refractivity contribution in [3.8, 4) is 11.1 Å².